The monoisotopic (exact) mass is 385 g/mol. The quantitative estimate of drug-likeness (QED) is 0.535. The maximum Gasteiger partial charge on any atom is 0.315 e. The van der Waals surface area contributed by atoms with E-state index in [1.165, 1.54) is 0 Å². The normalized spacial score (nSPS) is 22.3. The van der Waals surface area contributed by atoms with Crippen molar-refractivity contribution in [1.82, 2.24) is 0 Å². The maximum absolute atomic E-state index is 13.0. The summed E-state index contributed by atoms with van der Waals surface area (Å²) >= 11 is 1.74. The first-order chi connectivity index (χ1) is 13.0. The van der Waals surface area contributed by atoms with Crippen LogP contribution in [-0.2, 0) is 14.3 Å². The van der Waals surface area contributed by atoms with Gasteiger partial charge in [-0.2, -0.15) is 11.8 Å². The van der Waals surface area contributed by atoms with Crippen molar-refractivity contribution in [3.8, 4) is 0 Å². The fraction of sp³-hybridized carbons (Fsp3) is 0.500. The highest BCUT2D eigenvalue weighted by Crippen LogP contribution is 2.43. The van der Waals surface area contributed by atoms with E-state index in [0.717, 1.165) is 52.5 Å². The molecule has 0 saturated carbocycles. The van der Waals surface area contributed by atoms with Gasteiger partial charge in [-0.15, -0.1) is 0 Å². The van der Waals surface area contributed by atoms with Gasteiger partial charge in [-0.1, -0.05) is 36.8 Å². The molecule has 0 amide bonds. The highest BCUT2D eigenvalue weighted by molar-refractivity contribution is 7.99. The lowest BCUT2D eigenvalue weighted by atomic mass is 9.71. The third kappa shape index (κ3) is 4.34. The van der Waals surface area contributed by atoms with Crippen LogP contribution < -0.4 is 0 Å². The number of hydrogen-bond donors (Lipinski definition) is 0. The number of esters is 1. The second-order valence-electron chi connectivity index (χ2n) is 7.12. The summed E-state index contributed by atoms with van der Waals surface area (Å²) in [7, 11) is 0. The Hall–Kier alpha value is -1.88. The number of allylic oxidation sites excluding steroid dienone is 2. The number of ether oxygens (including phenoxy) is 1. The number of aliphatic imine (C=N–C) groups is 1. The number of nitrogens with zero attached hydrogens (tertiary/aromatic N) is 1. The highest BCUT2D eigenvalue weighted by Gasteiger charge is 2.43. The van der Waals surface area contributed by atoms with Gasteiger partial charge in [0.15, 0.2) is 5.78 Å². The van der Waals surface area contributed by atoms with E-state index in [2.05, 4.69) is 11.9 Å². The van der Waals surface area contributed by atoms with E-state index >= 15 is 0 Å². The molecule has 4 nitrogen and oxygen atoms in total. The van der Waals surface area contributed by atoms with Crippen molar-refractivity contribution in [2.24, 2.45) is 10.9 Å². The lowest BCUT2D eigenvalue weighted by Crippen LogP contribution is -2.37. The van der Waals surface area contributed by atoms with Gasteiger partial charge < -0.3 is 4.74 Å². The molecule has 1 aliphatic carbocycles. The third-order valence-corrected chi connectivity index (χ3v) is 6.06. The van der Waals surface area contributed by atoms with Crippen LogP contribution in [0.25, 0.3) is 0 Å². The van der Waals surface area contributed by atoms with E-state index in [9.17, 15) is 9.59 Å². The molecule has 5 heteroatoms. The first kappa shape index (κ1) is 19.9. The Morgan fingerprint density at radius 1 is 1.22 bits per heavy atom. The molecule has 3 rings (SSSR count). The average Bonchev–Trinajstić information content (AvgIpc) is 2.65. The number of ketones is 1. The van der Waals surface area contributed by atoms with Crippen LogP contribution in [0.2, 0.25) is 0 Å². The first-order valence-electron chi connectivity index (χ1n) is 9.65. The standard InChI is InChI=1S/C22H27NO3S/c1-4-27-13-12-26-22(25)19-15(3)23-17-6-5-7-18(24)21(17)20(19)16-10-8-14(2)9-11-16/h8-11,19-20H,4-7,12-13H2,1-3H3/t19?,20-/m0/s1. The van der Waals surface area contributed by atoms with Gasteiger partial charge in [-0.3, -0.25) is 14.6 Å². The van der Waals surface area contributed by atoms with E-state index in [4.69, 9.17) is 4.74 Å². The largest absolute Gasteiger partial charge is 0.464 e. The molecule has 0 N–H and O–H groups in total. The van der Waals surface area contributed by atoms with Crippen LogP contribution in [0.15, 0.2) is 40.5 Å². The minimum atomic E-state index is -0.528. The Bertz CT molecular complexity index is 779. The zero-order valence-corrected chi connectivity index (χ0v) is 17.1. The van der Waals surface area contributed by atoms with Crippen LogP contribution in [0.4, 0.5) is 0 Å². The minimum absolute atomic E-state index is 0.123. The zero-order chi connectivity index (χ0) is 19.4. The highest BCUT2D eigenvalue weighted by atomic mass is 32.2. The molecule has 0 spiro atoms. The van der Waals surface area contributed by atoms with E-state index in [0.29, 0.717) is 13.0 Å². The van der Waals surface area contributed by atoms with Gasteiger partial charge in [0.1, 0.15) is 12.5 Å². The van der Waals surface area contributed by atoms with Gasteiger partial charge in [-0.25, -0.2) is 0 Å². The first-order valence-corrected chi connectivity index (χ1v) is 10.8. The van der Waals surface area contributed by atoms with Gasteiger partial charge in [0.05, 0.1) is 0 Å². The molecule has 0 saturated heterocycles. The number of rotatable bonds is 6. The van der Waals surface area contributed by atoms with Crippen LogP contribution in [0.3, 0.4) is 0 Å². The number of hydrogen-bond acceptors (Lipinski definition) is 5. The molecular weight excluding hydrogens is 358 g/mol. The molecule has 1 aromatic carbocycles. The molecule has 1 aromatic rings. The second-order valence-corrected chi connectivity index (χ2v) is 8.51. The van der Waals surface area contributed by atoms with Crippen LogP contribution in [0.5, 0.6) is 0 Å². The molecule has 0 radical (unpaired) electrons. The topological polar surface area (TPSA) is 55.7 Å². The number of thioether (sulfide) groups is 1. The molecule has 1 heterocycles. The van der Waals surface area contributed by atoms with E-state index in [1.807, 2.05) is 38.1 Å². The molecule has 0 fully saturated rings. The summed E-state index contributed by atoms with van der Waals surface area (Å²) in [6, 6.07) is 8.12. The fourth-order valence-electron chi connectivity index (χ4n) is 3.88. The third-order valence-electron chi connectivity index (χ3n) is 5.20. The average molecular weight is 386 g/mol. The summed E-state index contributed by atoms with van der Waals surface area (Å²) in [5.41, 5.74) is 4.48. The Morgan fingerprint density at radius 3 is 2.67 bits per heavy atom. The van der Waals surface area contributed by atoms with Crippen molar-refractivity contribution < 1.29 is 14.3 Å². The predicted molar refractivity (Wildman–Crippen MR) is 110 cm³/mol. The molecule has 0 aromatic heterocycles. The van der Waals surface area contributed by atoms with E-state index < -0.39 is 5.92 Å². The van der Waals surface area contributed by atoms with Crippen LogP contribution in [0.1, 0.15) is 50.2 Å². The van der Waals surface area contributed by atoms with Gasteiger partial charge in [0.2, 0.25) is 0 Å². The van der Waals surface area contributed by atoms with Gasteiger partial charge in [0.25, 0.3) is 0 Å². The van der Waals surface area contributed by atoms with Gasteiger partial charge >= 0.3 is 5.97 Å². The summed E-state index contributed by atoms with van der Waals surface area (Å²) < 4.78 is 5.57. The summed E-state index contributed by atoms with van der Waals surface area (Å²) in [4.78, 5) is 30.4. The summed E-state index contributed by atoms with van der Waals surface area (Å²) in [5.74, 6) is 0.809. The molecule has 2 aliphatic rings. The lowest BCUT2D eigenvalue weighted by molar-refractivity contribution is -0.145. The fourth-order valence-corrected chi connectivity index (χ4v) is 4.37. The number of aryl methyl sites for hydroxylation is 1. The SMILES string of the molecule is CCSCCOC(=O)C1C(C)=NC2=C(C(=O)CCC2)[C@H]1c1ccc(C)cc1. The van der Waals surface area contributed by atoms with Crippen LogP contribution in [0, 0.1) is 12.8 Å². The van der Waals surface area contributed by atoms with Crippen molar-refractivity contribution in [1.29, 1.82) is 0 Å². The lowest BCUT2D eigenvalue weighted by Gasteiger charge is -2.34. The second kappa shape index (κ2) is 8.87. The minimum Gasteiger partial charge on any atom is -0.464 e. The van der Waals surface area contributed by atoms with Crippen LogP contribution >= 0.6 is 11.8 Å². The molecule has 1 unspecified atom stereocenters. The van der Waals surface area contributed by atoms with E-state index in [-0.39, 0.29) is 17.7 Å². The molecule has 27 heavy (non-hydrogen) atoms. The number of Topliss-reactive ketones (excluding diaryl/α,β-unsaturated/α-hetero) is 1. The molecule has 1 aliphatic heterocycles. The van der Waals surface area contributed by atoms with Crippen molar-refractivity contribution in [3.63, 3.8) is 0 Å². The number of carbonyl (C=O) groups excluding carboxylic acids is 2. The summed E-state index contributed by atoms with van der Waals surface area (Å²) in [6.07, 6.45) is 2.17. The molecule has 0 bridgehead atoms. The number of carbonyl (C=O) groups is 2. The Morgan fingerprint density at radius 2 is 1.96 bits per heavy atom. The van der Waals surface area contributed by atoms with Crippen molar-refractivity contribution in [2.45, 2.75) is 46.0 Å². The number of benzene rings is 1. The maximum atomic E-state index is 13.0. The van der Waals surface area contributed by atoms with Gasteiger partial charge in [-0.05, 0) is 38.0 Å². The van der Waals surface area contributed by atoms with Crippen molar-refractivity contribution >= 4 is 29.2 Å². The van der Waals surface area contributed by atoms with E-state index in [1.54, 1.807) is 11.8 Å². The predicted octanol–water partition coefficient (Wildman–Crippen LogP) is 4.47. The molecular formula is C22H27NO3S. The summed E-state index contributed by atoms with van der Waals surface area (Å²) in [6.45, 7) is 6.39. The smallest absolute Gasteiger partial charge is 0.315 e. The Kier molecular flexibility index (Phi) is 6.53. The molecule has 2 atom stereocenters. The molecule has 144 valence electrons. The Labute approximate surface area is 165 Å². The summed E-state index contributed by atoms with van der Waals surface area (Å²) in [5, 5.41) is 0. The zero-order valence-electron chi connectivity index (χ0n) is 16.3. The van der Waals surface area contributed by atoms with Crippen molar-refractivity contribution in [3.05, 3.63) is 46.7 Å². The van der Waals surface area contributed by atoms with Gasteiger partial charge in [0, 0.05) is 35.1 Å². The van der Waals surface area contributed by atoms with Crippen molar-refractivity contribution in [2.75, 3.05) is 18.1 Å². The Balaban J connectivity index is 1.96. The van der Waals surface area contributed by atoms with Crippen LogP contribution in [-0.4, -0.2) is 35.6 Å².